The third-order valence-corrected chi connectivity index (χ3v) is 4.68. The van der Waals surface area contributed by atoms with Crippen molar-refractivity contribution in [3.8, 4) is 5.75 Å². The Kier molecular flexibility index (Phi) is 7.61. The second-order valence-electron chi connectivity index (χ2n) is 8.03. The molecule has 2 rings (SSSR count). The average molecular weight is 419 g/mol. The Morgan fingerprint density at radius 3 is 2.40 bits per heavy atom. The van der Waals surface area contributed by atoms with Crippen LogP contribution in [0.4, 0.5) is 0 Å². The fourth-order valence-electron chi connectivity index (χ4n) is 3.29. The number of esters is 2. The maximum absolute atomic E-state index is 12.9. The molecule has 1 aliphatic heterocycles. The van der Waals surface area contributed by atoms with E-state index in [0.717, 1.165) is 5.56 Å². The van der Waals surface area contributed by atoms with E-state index in [4.69, 9.17) is 14.2 Å². The fraction of sp³-hybridized carbons (Fsp3) is 0.500. The summed E-state index contributed by atoms with van der Waals surface area (Å²) in [4.78, 5) is 39.5. The summed E-state index contributed by atoms with van der Waals surface area (Å²) in [5.41, 5.74) is 0.00958. The smallest absolute Gasteiger partial charge is 0.330 e. The van der Waals surface area contributed by atoms with Crippen LogP contribution in [0.1, 0.15) is 26.3 Å². The zero-order chi connectivity index (χ0) is 22.5. The number of nitrogens with zero attached hydrogens (tertiary/aromatic N) is 1. The highest BCUT2D eigenvalue weighted by molar-refractivity contribution is 6.00. The normalized spacial score (nSPS) is 19.5. The molecule has 1 saturated heterocycles. The Hall–Kier alpha value is -2.87. The minimum atomic E-state index is -1.16. The van der Waals surface area contributed by atoms with Crippen LogP contribution in [0.5, 0.6) is 5.75 Å². The van der Waals surface area contributed by atoms with Gasteiger partial charge in [-0.2, -0.15) is 0 Å². The maximum Gasteiger partial charge on any atom is 0.330 e. The number of hydrogen-bond donors (Lipinski definition) is 1. The van der Waals surface area contributed by atoms with Gasteiger partial charge in [-0.15, -0.1) is 0 Å². The summed E-state index contributed by atoms with van der Waals surface area (Å²) >= 11 is 0. The number of rotatable bonds is 9. The number of ether oxygens (including phenoxy) is 3. The van der Waals surface area contributed by atoms with E-state index in [1.807, 2.05) is 0 Å². The molecule has 8 nitrogen and oxygen atoms in total. The van der Waals surface area contributed by atoms with Gasteiger partial charge in [0, 0.05) is 6.54 Å². The number of methoxy groups -OCH3 is 1. The number of benzene rings is 1. The Bertz CT molecular complexity index is 782. The molecule has 30 heavy (non-hydrogen) atoms. The Labute approximate surface area is 176 Å². The highest BCUT2D eigenvalue weighted by atomic mass is 16.6. The number of β-lactam (4-membered cyclic amide) rings is 1. The van der Waals surface area contributed by atoms with E-state index in [-0.39, 0.29) is 13.2 Å². The van der Waals surface area contributed by atoms with Crippen molar-refractivity contribution in [2.45, 2.75) is 39.0 Å². The van der Waals surface area contributed by atoms with E-state index in [1.54, 1.807) is 52.1 Å². The summed E-state index contributed by atoms with van der Waals surface area (Å²) < 4.78 is 15.6. The van der Waals surface area contributed by atoms with Crippen molar-refractivity contribution >= 4 is 17.8 Å². The summed E-state index contributed by atoms with van der Waals surface area (Å²) in [6, 6.07) is 6.07. The van der Waals surface area contributed by atoms with Crippen molar-refractivity contribution in [1.29, 1.82) is 0 Å². The lowest BCUT2D eigenvalue weighted by Crippen LogP contribution is -2.68. The van der Waals surface area contributed by atoms with Gasteiger partial charge in [-0.1, -0.05) is 24.8 Å². The quantitative estimate of drug-likeness (QED) is 0.369. The average Bonchev–Trinajstić information content (AvgIpc) is 2.69. The van der Waals surface area contributed by atoms with Gasteiger partial charge in [0.25, 0.3) is 0 Å². The van der Waals surface area contributed by atoms with E-state index in [9.17, 15) is 19.5 Å². The molecule has 8 heteroatoms. The third-order valence-electron chi connectivity index (χ3n) is 4.68. The first-order valence-electron chi connectivity index (χ1n) is 9.67. The molecule has 1 aromatic carbocycles. The molecular formula is C22H29NO7. The largest absolute Gasteiger partial charge is 0.497 e. The number of aliphatic hydroxyl groups excluding tert-OH is 1. The van der Waals surface area contributed by atoms with Crippen molar-refractivity contribution in [2.24, 2.45) is 11.8 Å². The molecule has 0 bridgehead atoms. The monoisotopic (exact) mass is 419 g/mol. The molecule has 0 aromatic heterocycles. The van der Waals surface area contributed by atoms with Gasteiger partial charge in [-0.05, 0) is 38.5 Å². The summed E-state index contributed by atoms with van der Waals surface area (Å²) in [6.45, 7) is 8.10. The van der Waals surface area contributed by atoms with Gasteiger partial charge in [0.15, 0.2) is 0 Å². The van der Waals surface area contributed by atoms with Gasteiger partial charge in [0.2, 0.25) is 5.91 Å². The first kappa shape index (κ1) is 23.4. The number of amides is 1. The topological polar surface area (TPSA) is 102 Å². The number of carbonyl (C=O) groups excluding carboxylic acids is 3. The van der Waals surface area contributed by atoms with Gasteiger partial charge in [0.1, 0.15) is 24.0 Å². The molecular weight excluding hydrogens is 390 g/mol. The van der Waals surface area contributed by atoms with Crippen LogP contribution in [0.3, 0.4) is 0 Å². The fourth-order valence-corrected chi connectivity index (χ4v) is 3.29. The molecule has 0 saturated carbocycles. The Morgan fingerprint density at radius 1 is 1.27 bits per heavy atom. The predicted octanol–water partition coefficient (Wildman–Crippen LogP) is 1.70. The van der Waals surface area contributed by atoms with Crippen LogP contribution in [0, 0.1) is 11.8 Å². The van der Waals surface area contributed by atoms with Crippen molar-refractivity contribution in [1.82, 2.24) is 4.90 Å². The molecule has 0 radical (unpaired) electrons. The van der Waals surface area contributed by atoms with E-state index < -0.39 is 47.9 Å². The van der Waals surface area contributed by atoms with Crippen LogP contribution in [-0.2, 0) is 30.4 Å². The highest BCUT2D eigenvalue weighted by Gasteiger charge is 2.57. The molecule has 2 unspecified atom stereocenters. The van der Waals surface area contributed by atoms with Crippen LogP contribution in [0.25, 0.3) is 0 Å². The zero-order valence-electron chi connectivity index (χ0n) is 17.8. The minimum absolute atomic E-state index is 0.0527. The van der Waals surface area contributed by atoms with Crippen LogP contribution in [-0.4, -0.2) is 59.8 Å². The Balaban J connectivity index is 2.27. The van der Waals surface area contributed by atoms with Crippen molar-refractivity contribution in [3.05, 3.63) is 42.5 Å². The lowest BCUT2D eigenvalue weighted by atomic mass is 9.77. The van der Waals surface area contributed by atoms with Crippen LogP contribution < -0.4 is 4.74 Å². The van der Waals surface area contributed by atoms with E-state index in [0.29, 0.717) is 5.75 Å². The third kappa shape index (κ3) is 5.38. The second-order valence-corrected chi connectivity index (χ2v) is 8.03. The SMILES string of the molecule is C=CCOC(=O)[C@@H](CO)C1C(=O)N(Cc2ccc(OC)cc2)C1C(=O)OC(C)(C)C. The predicted molar refractivity (Wildman–Crippen MR) is 108 cm³/mol. The van der Waals surface area contributed by atoms with E-state index >= 15 is 0 Å². The molecule has 1 fully saturated rings. The minimum Gasteiger partial charge on any atom is -0.497 e. The van der Waals surface area contributed by atoms with Crippen molar-refractivity contribution < 1.29 is 33.7 Å². The van der Waals surface area contributed by atoms with Crippen molar-refractivity contribution in [2.75, 3.05) is 20.3 Å². The highest BCUT2D eigenvalue weighted by Crippen LogP contribution is 2.36. The number of carbonyl (C=O) groups is 3. The van der Waals surface area contributed by atoms with Gasteiger partial charge in [0.05, 0.1) is 25.6 Å². The summed E-state index contributed by atoms with van der Waals surface area (Å²) in [5.74, 6) is -3.36. The number of likely N-dealkylation sites (tertiary alicyclic amines) is 1. The number of aliphatic hydroxyl groups is 1. The molecule has 0 aliphatic carbocycles. The van der Waals surface area contributed by atoms with Crippen LogP contribution in [0.2, 0.25) is 0 Å². The van der Waals surface area contributed by atoms with Gasteiger partial charge in [-0.25, -0.2) is 4.79 Å². The van der Waals surface area contributed by atoms with Gasteiger partial charge < -0.3 is 24.2 Å². The molecule has 1 N–H and O–H groups in total. The lowest BCUT2D eigenvalue weighted by molar-refractivity contribution is -0.189. The summed E-state index contributed by atoms with van der Waals surface area (Å²) in [5, 5.41) is 9.75. The molecule has 1 aromatic rings. The van der Waals surface area contributed by atoms with Crippen LogP contribution >= 0.6 is 0 Å². The molecule has 1 amide bonds. The first-order valence-corrected chi connectivity index (χ1v) is 9.67. The molecule has 1 aliphatic rings. The molecule has 1 heterocycles. The number of hydrogen-bond acceptors (Lipinski definition) is 7. The molecule has 3 atom stereocenters. The zero-order valence-corrected chi connectivity index (χ0v) is 17.8. The lowest BCUT2D eigenvalue weighted by Gasteiger charge is -2.48. The van der Waals surface area contributed by atoms with Gasteiger partial charge >= 0.3 is 11.9 Å². The maximum atomic E-state index is 12.9. The van der Waals surface area contributed by atoms with Crippen molar-refractivity contribution in [3.63, 3.8) is 0 Å². The van der Waals surface area contributed by atoms with Crippen LogP contribution in [0.15, 0.2) is 36.9 Å². The standard InChI is InChI=1S/C22H29NO7/c1-6-11-29-20(26)16(13-24)17-18(21(27)30-22(2,3)4)23(19(17)25)12-14-7-9-15(28-5)10-8-14/h6-10,16-18,24H,1,11-13H2,2-5H3/t16-,17?,18?/m0/s1. The van der Waals surface area contributed by atoms with E-state index in [1.165, 1.54) is 11.0 Å². The van der Waals surface area contributed by atoms with E-state index in [2.05, 4.69) is 6.58 Å². The molecule has 0 spiro atoms. The first-order chi connectivity index (χ1) is 14.1. The Morgan fingerprint density at radius 2 is 1.90 bits per heavy atom. The summed E-state index contributed by atoms with van der Waals surface area (Å²) in [6.07, 6.45) is 1.39. The second kappa shape index (κ2) is 9.75. The summed E-state index contributed by atoms with van der Waals surface area (Å²) in [7, 11) is 1.55. The molecule has 164 valence electrons. The van der Waals surface area contributed by atoms with Gasteiger partial charge in [-0.3, -0.25) is 9.59 Å².